The lowest BCUT2D eigenvalue weighted by Gasteiger charge is -2.17. The molecule has 0 aliphatic rings. The topological polar surface area (TPSA) is 29.9 Å². The Kier molecular flexibility index (Phi) is 4.64. The zero-order valence-electron chi connectivity index (χ0n) is 11.6. The van der Waals surface area contributed by atoms with Crippen molar-refractivity contribution >= 4 is 21.6 Å². The van der Waals surface area contributed by atoms with Crippen LogP contribution in [0.25, 0.3) is 0 Å². The van der Waals surface area contributed by atoms with Gasteiger partial charge < -0.3 is 5.32 Å². The summed E-state index contributed by atoms with van der Waals surface area (Å²) >= 11 is 3.52. The quantitative estimate of drug-likeness (QED) is 0.858. The van der Waals surface area contributed by atoms with Gasteiger partial charge in [-0.15, -0.1) is 0 Å². The van der Waals surface area contributed by atoms with E-state index in [9.17, 15) is 0 Å². The molecule has 1 unspecified atom stereocenters. The van der Waals surface area contributed by atoms with Gasteiger partial charge in [0.2, 0.25) is 0 Å². The van der Waals surface area contributed by atoms with E-state index in [-0.39, 0.29) is 0 Å². The Bertz CT molecular complexity index is 534. The van der Waals surface area contributed by atoms with Crippen molar-refractivity contribution in [3.63, 3.8) is 0 Å². The molecule has 0 aliphatic carbocycles. The highest BCUT2D eigenvalue weighted by atomic mass is 79.9. The lowest BCUT2D eigenvalue weighted by atomic mass is 10.0. The van der Waals surface area contributed by atoms with Crippen molar-refractivity contribution < 1.29 is 0 Å². The fraction of sp³-hybridized carbons (Fsp3) is 0.400. The average Bonchev–Trinajstić information content (AvgIpc) is 2.84. The first-order valence-corrected chi connectivity index (χ1v) is 7.45. The summed E-state index contributed by atoms with van der Waals surface area (Å²) in [4.78, 5) is 0. The number of hydrogen-bond donors (Lipinski definition) is 1. The molecule has 1 aromatic carbocycles. The summed E-state index contributed by atoms with van der Waals surface area (Å²) in [7, 11) is 0. The maximum Gasteiger partial charge on any atom is 0.0731 e. The van der Waals surface area contributed by atoms with E-state index in [0.29, 0.717) is 12.1 Å². The largest absolute Gasteiger partial charge is 0.376 e. The van der Waals surface area contributed by atoms with E-state index in [1.54, 1.807) is 0 Å². The lowest BCUT2D eigenvalue weighted by molar-refractivity contribution is 0.532. The molecule has 0 spiro atoms. The van der Waals surface area contributed by atoms with Gasteiger partial charge in [-0.3, -0.25) is 4.68 Å². The first-order chi connectivity index (χ1) is 9.10. The molecule has 1 aromatic heterocycles. The van der Waals surface area contributed by atoms with Crippen LogP contribution in [0.2, 0.25) is 0 Å². The Balaban J connectivity index is 2.14. The number of anilines is 1. The summed E-state index contributed by atoms with van der Waals surface area (Å²) < 4.78 is 3.08. The number of halogens is 1. The van der Waals surface area contributed by atoms with Crippen molar-refractivity contribution in [3.05, 3.63) is 46.7 Å². The SMILES string of the molecule is CCC(Nc1cnn(C(C)C)c1)c1cccc(Br)c1. The third kappa shape index (κ3) is 3.60. The third-order valence-electron chi connectivity index (χ3n) is 3.13. The molecule has 19 heavy (non-hydrogen) atoms. The molecule has 1 atom stereocenters. The second kappa shape index (κ2) is 6.24. The van der Waals surface area contributed by atoms with Gasteiger partial charge >= 0.3 is 0 Å². The van der Waals surface area contributed by atoms with Crippen molar-refractivity contribution in [2.24, 2.45) is 0 Å². The number of rotatable bonds is 5. The number of benzene rings is 1. The Hall–Kier alpha value is -1.29. The standard InChI is InChI=1S/C15H20BrN3/c1-4-15(12-6-5-7-13(16)8-12)18-14-9-17-19(10-14)11(2)3/h5-11,15,18H,4H2,1-3H3. The van der Waals surface area contributed by atoms with Crippen molar-refractivity contribution in [1.29, 1.82) is 0 Å². The minimum absolute atomic E-state index is 0.308. The van der Waals surface area contributed by atoms with Crippen molar-refractivity contribution in [2.75, 3.05) is 5.32 Å². The van der Waals surface area contributed by atoms with Gasteiger partial charge in [0.25, 0.3) is 0 Å². The van der Waals surface area contributed by atoms with Crippen molar-refractivity contribution in [3.8, 4) is 0 Å². The highest BCUT2D eigenvalue weighted by molar-refractivity contribution is 9.10. The van der Waals surface area contributed by atoms with E-state index in [0.717, 1.165) is 16.6 Å². The van der Waals surface area contributed by atoms with Gasteiger partial charge in [-0.05, 0) is 38.0 Å². The molecule has 3 nitrogen and oxygen atoms in total. The molecule has 1 N–H and O–H groups in total. The molecule has 4 heteroatoms. The molecule has 0 bridgehead atoms. The Morgan fingerprint density at radius 2 is 2.16 bits per heavy atom. The molecule has 0 saturated heterocycles. The van der Waals surface area contributed by atoms with Crippen LogP contribution in [0.3, 0.4) is 0 Å². The molecule has 0 saturated carbocycles. The minimum atomic E-state index is 0.308. The first-order valence-electron chi connectivity index (χ1n) is 6.66. The third-order valence-corrected chi connectivity index (χ3v) is 3.62. The Morgan fingerprint density at radius 3 is 2.74 bits per heavy atom. The van der Waals surface area contributed by atoms with Crippen LogP contribution in [0, 0.1) is 0 Å². The highest BCUT2D eigenvalue weighted by Crippen LogP contribution is 2.25. The summed E-state index contributed by atoms with van der Waals surface area (Å²) in [5, 5.41) is 7.90. The van der Waals surface area contributed by atoms with Gasteiger partial charge in [0, 0.05) is 16.7 Å². The highest BCUT2D eigenvalue weighted by Gasteiger charge is 2.11. The second-order valence-corrected chi connectivity index (χ2v) is 5.88. The minimum Gasteiger partial charge on any atom is -0.376 e. The maximum atomic E-state index is 4.36. The monoisotopic (exact) mass is 321 g/mol. The fourth-order valence-electron chi connectivity index (χ4n) is 2.04. The van der Waals surface area contributed by atoms with Gasteiger partial charge in [0.1, 0.15) is 0 Å². The molecule has 0 radical (unpaired) electrons. The van der Waals surface area contributed by atoms with Crippen LogP contribution >= 0.6 is 15.9 Å². The van der Waals surface area contributed by atoms with Crippen LogP contribution < -0.4 is 5.32 Å². The Morgan fingerprint density at radius 1 is 1.37 bits per heavy atom. The summed E-state index contributed by atoms with van der Waals surface area (Å²) in [5.41, 5.74) is 2.36. The van der Waals surface area contributed by atoms with Crippen LogP contribution in [-0.2, 0) is 0 Å². The maximum absolute atomic E-state index is 4.36. The van der Waals surface area contributed by atoms with E-state index < -0.39 is 0 Å². The second-order valence-electron chi connectivity index (χ2n) is 4.96. The van der Waals surface area contributed by atoms with Crippen molar-refractivity contribution in [1.82, 2.24) is 9.78 Å². The van der Waals surface area contributed by atoms with Gasteiger partial charge in [-0.25, -0.2) is 0 Å². The van der Waals surface area contributed by atoms with Crippen LogP contribution in [-0.4, -0.2) is 9.78 Å². The summed E-state index contributed by atoms with van der Waals surface area (Å²) in [5.74, 6) is 0. The Labute approximate surface area is 123 Å². The van der Waals surface area contributed by atoms with E-state index in [1.165, 1.54) is 5.56 Å². The normalized spacial score (nSPS) is 12.7. The number of aromatic nitrogens is 2. The van der Waals surface area contributed by atoms with E-state index in [2.05, 4.69) is 71.5 Å². The van der Waals surface area contributed by atoms with Gasteiger partial charge in [0.15, 0.2) is 0 Å². The lowest BCUT2D eigenvalue weighted by Crippen LogP contribution is -2.09. The smallest absolute Gasteiger partial charge is 0.0731 e. The van der Waals surface area contributed by atoms with Crippen LogP contribution in [0.15, 0.2) is 41.1 Å². The van der Waals surface area contributed by atoms with Gasteiger partial charge in [-0.1, -0.05) is 35.0 Å². The number of hydrogen-bond acceptors (Lipinski definition) is 2. The predicted octanol–water partition coefficient (Wildman–Crippen LogP) is 4.79. The molecule has 2 aromatic rings. The van der Waals surface area contributed by atoms with Crippen molar-refractivity contribution in [2.45, 2.75) is 39.3 Å². The molecule has 0 amide bonds. The zero-order chi connectivity index (χ0) is 13.8. The van der Waals surface area contributed by atoms with E-state index >= 15 is 0 Å². The summed E-state index contributed by atoms with van der Waals surface area (Å²) in [6, 6.07) is 9.13. The molecule has 1 heterocycles. The first kappa shape index (κ1) is 14.1. The zero-order valence-corrected chi connectivity index (χ0v) is 13.2. The molecule has 0 aliphatic heterocycles. The fourth-order valence-corrected chi connectivity index (χ4v) is 2.46. The van der Waals surface area contributed by atoms with Crippen LogP contribution in [0.4, 0.5) is 5.69 Å². The number of nitrogens with one attached hydrogen (secondary N) is 1. The molecule has 0 fully saturated rings. The number of nitrogens with zero attached hydrogens (tertiary/aromatic N) is 2. The van der Waals surface area contributed by atoms with Crippen LogP contribution in [0.1, 0.15) is 44.8 Å². The summed E-state index contributed by atoms with van der Waals surface area (Å²) in [6.45, 7) is 6.44. The molecule has 2 rings (SSSR count). The molecule has 102 valence electrons. The van der Waals surface area contributed by atoms with Gasteiger partial charge in [0.05, 0.1) is 17.9 Å². The predicted molar refractivity (Wildman–Crippen MR) is 83.4 cm³/mol. The van der Waals surface area contributed by atoms with Crippen LogP contribution in [0.5, 0.6) is 0 Å². The van der Waals surface area contributed by atoms with E-state index in [4.69, 9.17) is 0 Å². The summed E-state index contributed by atoms with van der Waals surface area (Å²) in [6.07, 6.45) is 4.98. The molecular formula is C15H20BrN3. The average molecular weight is 322 g/mol. The molecular weight excluding hydrogens is 302 g/mol. The van der Waals surface area contributed by atoms with E-state index in [1.807, 2.05) is 16.9 Å². The van der Waals surface area contributed by atoms with Gasteiger partial charge in [-0.2, -0.15) is 5.10 Å².